The Labute approximate surface area is 123 Å². The molecule has 108 valence electrons. The molecule has 0 saturated heterocycles. The molecule has 0 aliphatic rings. The molecule has 0 radical (unpaired) electrons. The van der Waals surface area contributed by atoms with Crippen LogP contribution in [0.3, 0.4) is 0 Å². The van der Waals surface area contributed by atoms with Crippen LogP contribution < -0.4 is 9.47 Å². The predicted octanol–water partition coefficient (Wildman–Crippen LogP) is 4.14. The van der Waals surface area contributed by atoms with E-state index in [2.05, 4.69) is 6.58 Å². The first-order valence-electron chi connectivity index (χ1n) is 6.38. The summed E-state index contributed by atoms with van der Waals surface area (Å²) in [7, 11) is 1.53. The quantitative estimate of drug-likeness (QED) is 0.896. The van der Waals surface area contributed by atoms with Gasteiger partial charge in [0.15, 0.2) is 11.5 Å². The fourth-order valence-electron chi connectivity index (χ4n) is 2.07. The Morgan fingerprint density at radius 3 is 2.48 bits per heavy atom. The van der Waals surface area contributed by atoms with Gasteiger partial charge in [0.1, 0.15) is 11.3 Å². The molecule has 2 aromatic carbocycles. The molecule has 0 atom stereocenters. The van der Waals surface area contributed by atoms with Crippen LogP contribution in [0.1, 0.15) is 21.5 Å². The fourth-order valence-corrected chi connectivity index (χ4v) is 2.07. The molecule has 0 aliphatic carbocycles. The summed E-state index contributed by atoms with van der Waals surface area (Å²) in [5, 5.41) is 9.35. The summed E-state index contributed by atoms with van der Waals surface area (Å²) in [6.45, 7) is 5.46. The summed E-state index contributed by atoms with van der Waals surface area (Å²) < 4.78 is 11.1. The van der Waals surface area contributed by atoms with Crippen LogP contribution in [0.25, 0.3) is 6.08 Å². The van der Waals surface area contributed by atoms with Crippen molar-refractivity contribution in [3.05, 3.63) is 59.7 Å². The van der Waals surface area contributed by atoms with Crippen molar-refractivity contribution < 1.29 is 19.4 Å². The van der Waals surface area contributed by atoms with E-state index in [1.807, 2.05) is 12.1 Å². The first-order chi connectivity index (χ1) is 10.1. The van der Waals surface area contributed by atoms with Crippen molar-refractivity contribution in [2.45, 2.75) is 6.92 Å². The second-order valence-corrected chi connectivity index (χ2v) is 4.44. The zero-order valence-corrected chi connectivity index (χ0v) is 11.9. The Kier molecular flexibility index (Phi) is 4.28. The average molecular weight is 284 g/mol. The maximum Gasteiger partial charge on any atom is 0.339 e. The van der Waals surface area contributed by atoms with Gasteiger partial charge in [-0.05, 0) is 24.6 Å². The van der Waals surface area contributed by atoms with Gasteiger partial charge in [0.25, 0.3) is 0 Å². The van der Waals surface area contributed by atoms with E-state index in [1.165, 1.54) is 7.11 Å². The molecule has 0 fully saturated rings. The van der Waals surface area contributed by atoms with E-state index in [0.29, 0.717) is 17.1 Å². The number of carboxylic acid groups (broad SMARTS) is 1. The van der Waals surface area contributed by atoms with Gasteiger partial charge in [-0.2, -0.15) is 0 Å². The number of rotatable bonds is 5. The van der Waals surface area contributed by atoms with Crippen LogP contribution in [0.4, 0.5) is 0 Å². The van der Waals surface area contributed by atoms with Crippen molar-refractivity contribution in [2.24, 2.45) is 0 Å². The Morgan fingerprint density at radius 1 is 1.19 bits per heavy atom. The highest BCUT2D eigenvalue weighted by Gasteiger charge is 2.17. The van der Waals surface area contributed by atoms with Gasteiger partial charge in [0.2, 0.25) is 0 Å². The zero-order chi connectivity index (χ0) is 15.4. The van der Waals surface area contributed by atoms with E-state index in [1.54, 1.807) is 37.3 Å². The molecule has 0 amide bonds. The zero-order valence-electron chi connectivity index (χ0n) is 11.9. The lowest BCUT2D eigenvalue weighted by atomic mass is 10.1. The summed E-state index contributed by atoms with van der Waals surface area (Å²) in [6, 6.07) is 10.5. The Bertz CT molecular complexity index is 689. The van der Waals surface area contributed by atoms with Gasteiger partial charge in [-0.25, -0.2) is 4.79 Å². The normalized spacial score (nSPS) is 10.0. The molecule has 0 saturated carbocycles. The smallest absolute Gasteiger partial charge is 0.339 e. The van der Waals surface area contributed by atoms with Gasteiger partial charge in [-0.1, -0.05) is 36.9 Å². The van der Waals surface area contributed by atoms with Crippen LogP contribution in [0, 0.1) is 6.92 Å². The van der Waals surface area contributed by atoms with Crippen LogP contribution >= 0.6 is 0 Å². The topological polar surface area (TPSA) is 55.8 Å². The Balaban J connectivity index is 2.56. The molecule has 0 aliphatic heterocycles. The van der Waals surface area contributed by atoms with Gasteiger partial charge in [0.05, 0.1) is 7.11 Å². The number of ether oxygens (including phenoxy) is 2. The molecule has 0 spiro atoms. The molecule has 0 heterocycles. The molecule has 21 heavy (non-hydrogen) atoms. The van der Waals surface area contributed by atoms with Crippen molar-refractivity contribution >= 4 is 12.0 Å². The highest BCUT2D eigenvalue weighted by molar-refractivity contribution is 5.92. The minimum atomic E-state index is -1.03. The lowest BCUT2D eigenvalue weighted by Crippen LogP contribution is -2.03. The molecule has 0 bridgehead atoms. The van der Waals surface area contributed by atoms with Gasteiger partial charge in [0, 0.05) is 5.56 Å². The number of carbonyl (C=O) groups is 1. The van der Waals surface area contributed by atoms with Crippen molar-refractivity contribution in [1.82, 2.24) is 0 Å². The van der Waals surface area contributed by atoms with E-state index in [4.69, 9.17) is 9.47 Å². The Hall–Kier alpha value is -2.75. The molecular formula is C17H16O4. The van der Waals surface area contributed by atoms with Gasteiger partial charge in [-0.3, -0.25) is 0 Å². The molecule has 4 heteroatoms. The van der Waals surface area contributed by atoms with Crippen molar-refractivity contribution in [3.63, 3.8) is 0 Å². The number of aromatic carboxylic acids is 1. The summed E-state index contributed by atoms with van der Waals surface area (Å²) in [5.41, 5.74) is 1.50. The van der Waals surface area contributed by atoms with E-state index in [-0.39, 0.29) is 11.3 Å². The number of hydrogen-bond donors (Lipinski definition) is 1. The molecule has 2 rings (SSSR count). The summed E-state index contributed by atoms with van der Waals surface area (Å²) in [4.78, 5) is 11.4. The third-order valence-corrected chi connectivity index (χ3v) is 3.11. The number of para-hydroxylation sites is 1. The van der Waals surface area contributed by atoms with Crippen molar-refractivity contribution in [1.29, 1.82) is 0 Å². The van der Waals surface area contributed by atoms with E-state index in [0.717, 1.165) is 5.56 Å². The molecule has 2 aromatic rings. The number of hydrogen-bond acceptors (Lipinski definition) is 3. The first kappa shape index (κ1) is 14.7. The van der Waals surface area contributed by atoms with E-state index < -0.39 is 5.97 Å². The van der Waals surface area contributed by atoms with Crippen LogP contribution in [0.2, 0.25) is 0 Å². The minimum absolute atomic E-state index is 0.137. The lowest BCUT2D eigenvalue weighted by Gasteiger charge is -2.15. The fraction of sp³-hybridized carbons (Fsp3) is 0.118. The third-order valence-electron chi connectivity index (χ3n) is 3.11. The van der Waals surface area contributed by atoms with Crippen LogP contribution in [0.15, 0.2) is 43.0 Å². The highest BCUT2D eigenvalue weighted by Crippen LogP contribution is 2.37. The lowest BCUT2D eigenvalue weighted by molar-refractivity contribution is 0.0693. The molecule has 4 nitrogen and oxygen atoms in total. The van der Waals surface area contributed by atoms with Crippen LogP contribution in [0.5, 0.6) is 17.2 Å². The average Bonchev–Trinajstić information content (AvgIpc) is 2.47. The maximum atomic E-state index is 11.4. The maximum absolute atomic E-state index is 11.4. The standard InChI is InChI=1S/C17H16O4/c1-4-12-8-6-10-14(20-3)16(12)21-13-9-5-7-11(2)15(13)17(18)19/h4-10H,1H2,2-3H3,(H,18,19). The van der Waals surface area contributed by atoms with E-state index in [9.17, 15) is 9.90 Å². The minimum Gasteiger partial charge on any atom is -0.493 e. The predicted molar refractivity (Wildman–Crippen MR) is 81.3 cm³/mol. The largest absolute Gasteiger partial charge is 0.493 e. The first-order valence-corrected chi connectivity index (χ1v) is 6.38. The Morgan fingerprint density at radius 2 is 1.86 bits per heavy atom. The summed E-state index contributed by atoms with van der Waals surface area (Å²) >= 11 is 0. The third kappa shape index (κ3) is 2.89. The highest BCUT2D eigenvalue weighted by atomic mass is 16.5. The second-order valence-electron chi connectivity index (χ2n) is 4.44. The number of benzene rings is 2. The molecule has 0 aromatic heterocycles. The van der Waals surface area contributed by atoms with Crippen LogP contribution in [-0.2, 0) is 0 Å². The number of methoxy groups -OCH3 is 1. The second kappa shape index (κ2) is 6.13. The number of aryl methyl sites for hydroxylation is 1. The number of carboxylic acids is 1. The summed E-state index contributed by atoms with van der Waals surface area (Å²) in [6.07, 6.45) is 1.63. The van der Waals surface area contributed by atoms with Gasteiger partial charge in [-0.15, -0.1) is 0 Å². The van der Waals surface area contributed by atoms with Crippen molar-refractivity contribution in [2.75, 3.05) is 7.11 Å². The monoisotopic (exact) mass is 284 g/mol. The van der Waals surface area contributed by atoms with E-state index >= 15 is 0 Å². The van der Waals surface area contributed by atoms with Gasteiger partial charge < -0.3 is 14.6 Å². The van der Waals surface area contributed by atoms with Gasteiger partial charge >= 0.3 is 5.97 Å². The molecule has 0 unspecified atom stereocenters. The van der Waals surface area contributed by atoms with Crippen molar-refractivity contribution in [3.8, 4) is 17.2 Å². The summed E-state index contributed by atoms with van der Waals surface area (Å²) in [5.74, 6) is 0.210. The molecular weight excluding hydrogens is 268 g/mol. The molecule has 1 N–H and O–H groups in total. The van der Waals surface area contributed by atoms with Crippen LogP contribution in [-0.4, -0.2) is 18.2 Å². The SMILES string of the molecule is C=Cc1cccc(OC)c1Oc1cccc(C)c1C(=O)O.